The minimum absolute atomic E-state index is 0.342. The maximum atomic E-state index is 4.64. The zero-order valence-corrected chi connectivity index (χ0v) is 12.7. The lowest BCUT2D eigenvalue weighted by Gasteiger charge is -2.11. The molecule has 4 nitrogen and oxygen atoms in total. The molecule has 0 spiro atoms. The zero-order valence-electron chi connectivity index (χ0n) is 11.9. The number of hydrogen-bond acceptors (Lipinski definition) is 5. The van der Waals surface area contributed by atoms with E-state index in [-0.39, 0.29) is 0 Å². The van der Waals surface area contributed by atoms with Gasteiger partial charge in [0.1, 0.15) is 16.5 Å². The molecule has 2 heterocycles. The second kappa shape index (κ2) is 6.21. The molecule has 1 atom stereocenters. The number of nitrogens with zero attached hydrogens (tertiary/aromatic N) is 3. The van der Waals surface area contributed by atoms with Crippen LogP contribution in [0.1, 0.15) is 42.7 Å². The van der Waals surface area contributed by atoms with Gasteiger partial charge in [0, 0.05) is 17.1 Å². The number of hydrogen-bond donors (Lipinski definition) is 1. The van der Waals surface area contributed by atoms with E-state index in [1.165, 1.54) is 4.88 Å². The van der Waals surface area contributed by atoms with Gasteiger partial charge in [-0.25, -0.2) is 15.0 Å². The predicted molar refractivity (Wildman–Crippen MR) is 79.3 cm³/mol. The standard InChI is InChI=1S/C14H20N4S/c1-5-7-15-9(2)13-10(3)17-14(19-13)12-6-8-16-11(4)18-12/h6,8-9,15H,5,7H2,1-4H3. The van der Waals surface area contributed by atoms with Crippen molar-refractivity contribution in [3.8, 4) is 10.7 Å². The molecular weight excluding hydrogens is 256 g/mol. The lowest BCUT2D eigenvalue weighted by atomic mass is 10.2. The molecule has 102 valence electrons. The predicted octanol–water partition coefficient (Wildman–Crippen LogP) is 3.28. The van der Waals surface area contributed by atoms with E-state index in [2.05, 4.69) is 41.0 Å². The van der Waals surface area contributed by atoms with Crippen molar-refractivity contribution in [2.75, 3.05) is 6.54 Å². The first-order valence-corrected chi connectivity index (χ1v) is 7.44. The van der Waals surface area contributed by atoms with E-state index < -0.39 is 0 Å². The molecule has 0 fully saturated rings. The molecule has 0 aromatic carbocycles. The van der Waals surface area contributed by atoms with Crippen LogP contribution in [0.4, 0.5) is 0 Å². The Labute approximate surface area is 118 Å². The van der Waals surface area contributed by atoms with Crippen LogP contribution in [0.25, 0.3) is 10.7 Å². The second-order valence-corrected chi connectivity index (χ2v) is 5.66. The van der Waals surface area contributed by atoms with Crippen molar-refractivity contribution >= 4 is 11.3 Å². The van der Waals surface area contributed by atoms with Crippen molar-refractivity contribution in [2.24, 2.45) is 0 Å². The summed E-state index contributed by atoms with van der Waals surface area (Å²) in [6.07, 6.45) is 2.92. The fourth-order valence-electron chi connectivity index (χ4n) is 1.95. The van der Waals surface area contributed by atoms with Gasteiger partial charge in [-0.1, -0.05) is 6.92 Å². The first-order valence-electron chi connectivity index (χ1n) is 6.62. The van der Waals surface area contributed by atoms with E-state index in [1.54, 1.807) is 17.5 Å². The summed E-state index contributed by atoms with van der Waals surface area (Å²) in [6, 6.07) is 2.26. The summed E-state index contributed by atoms with van der Waals surface area (Å²) < 4.78 is 0. The van der Waals surface area contributed by atoms with Gasteiger partial charge in [-0.15, -0.1) is 11.3 Å². The molecule has 19 heavy (non-hydrogen) atoms. The highest BCUT2D eigenvalue weighted by Gasteiger charge is 2.15. The number of aromatic nitrogens is 3. The normalized spacial score (nSPS) is 12.6. The van der Waals surface area contributed by atoms with Crippen molar-refractivity contribution in [3.63, 3.8) is 0 Å². The minimum atomic E-state index is 0.342. The van der Waals surface area contributed by atoms with E-state index in [4.69, 9.17) is 0 Å². The van der Waals surface area contributed by atoms with Gasteiger partial charge < -0.3 is 5.32 Å². The van der Waals surface area contributed by atoms with E-state index in [9.17, 15) is 0 Å². The Kier molecular flexibility index (Phi) is 4.61. The smallest absolute Gasteiger partial charge is 0.142 e. The van der Waals surface area contributed by atoms with Gasteiger partial charge in [0.15, 0.2) is 0 Å². The first kappa shape index (κ1) is 14.1. The van der Waals surface area contributed by atoms with Crippen LogP contribution in [0.5, 0.6) is 0 Å². The second-order valence-electron chi connectivity index (χ2n) is 4.63. The molecule has 1 N–H and O–H groups in total. The van der Waals surface area contributed by atoms with Crippen molar-refractivity contribution in [3.05, 3.63) is 28.7 Å². The fourth-order valence-corrected chi connectivity index (χ4v) is 3.01. The molecule has 0 bridgehead atoms. The third-order valence-electron chi connectivity index (χ3n) is 2.92. The Morgan fingerprint density at radius 2 is 2.11 bits per heavy atom. The van der Waals surface area contributed by atoms with Crippen LogP contribution in [0, 0.1) is 13.8 Å². The largest absolute Gasteiger partial charge is 0.309 e. The highest BCUT2D eigenvalue weighted by Crippen LogP contribution is 2.30. The summed E-state index contributed by atoms with van der Waals surface area (Å²) in [5, 5.41) is 4.48. The average molecular weight is 276 g/mol. The van der Waals surface area contributed by atoms with Gasteiger partial charge in [-0.3, -0.25) is 0 Å². The molecular formula is C14H20N4S. The number of thiazole rings is 1. The van der Waals surface area contributed by atoms with Crippen LogP contribution in [-0.4, -0.2) is 21.5 Å². The van der Waals surface area contributed by atoms with Crippen LogP contribution >= 0.6 is 11.3 Å². The molecule has 0 saturated carbocycles. The Hall–Kier alpha value is -1.33. The van der Waals surface area contributed by atoms with Crippen LogP contribution in [0.15, 0.2) is 12.3 Å². The maximum Gasteiger partial charge on any atom is 0.142 e. The summed E-state index contributed by atoms with van der Waals surface area (Å²) in [7, 11) is 0. The molecule has 1 unspecified atom stereocenters. The van der Waals surface area contributed by atoms with Gasteiger partial charge in [0.25, 0.3) is 0 Å². The van der Waals surface area contributed by atoms with Gasteiger partial charge in [0.05, 0.1) is 5.69 Å². The van der Waals surface area contributed by atoms with E-state index in [1.807, 2.05) is 13.0 Å². The topological polar surface area (TPSA) is 50.7 Å². The maximum absolute atomic E-state index is 4.64. The summed E-state index contributed by atoms with van der Waals surface area (Å²) in [4.78, 5) is 14.5. The molecule has 0 radical (unpaired) electrons. The van der Waals surface area contributed by atoms with Crippen molar-refractivity contribution in [2.45, 2.75) is 40.2 Å². The van der Waals surface area contributed by atoms with Crippen LogP contribution in [-0.2, 0) is 0 Å². The Bertz CT molecular complexity index is 550. The molecule has 5 heteroatoms. The lowest BCUT2D eigenvalue weighted by molar-refractivity contribution is 0.575. The SMILES string of the molecule is CCCNC(C)c1sc(-c2ccnc(C)n2)nc1C. The summed E-state index contributed by atoms with van der Waals surface area (Å²) >= 11 is 1.72. The molecule has 2 aromatic rings. The fraction of sp³-hybridized carbons (Fsp3) is 0.500. The first-order chi connectivity index (χ1) is 9.11. The highest BCUT2D eigenvalue weighted by molar-refractivity contribution is 7.15. The van der Waals surface area contributed by atoms with Crippen molar-refractivity contribution in [1.29, 1.82) is 0 Å². The third-order valence-corrected chi connectivity index (χ3v) is 4.28. The Balaban J connectivity index is 2.25. The molecule has 0 aliphatic rings. The summed E-state index contributed by atoms with van der Waals surface area (Å²) in [5.41, 5.74) is 2.00. The summed E-state index contributed by atoms with van der Waals surface area (Å²) in [6.45, 7) is 9.35. The van der Waals surface area contributed by atoms with E-state index >= 15 is 0 Å². The van der Waals surface area contributed by atoms with Gasteiger partial charge in [0.2, 0.25) is 0 Å². The molecule has 2 rings (SSSR count). The molecule has 0 aliphatic heterocycles. The Morgan fingerprint density at radius 3 is 2.79 bits per heavy atom. The number of rotatable bonds is 5. The van der Waals surface area contributed by atoms with Crippen molar-refractivity contribution < 1.29 is 0 Å². The third kappa shape index (κ3) is 3.36. The van der Waals surface area contributed by atoms with Gasteiger partial charge in [-0.05, 0) is 39.8 Å². The van der Waals surface area contributed by atoms with E-state index in [0.29, 0.717) is 6.04 Å². The average Bonchev–Trinajstić information content (AvgIpc) is 2.78. The molecule has 0 aliphatic carbocycles. The molecule has 0 saturated heterocycles. The van der Waals surface area contributed by atoms with Gasteiger partial charge >= 0.3 is 0 Å². The van der Waals surface area contributed by atoms with Crippen molar-refractivity contribution in [1.82, 2.24) is 20.3 Å². The van der Waals surface area contributed by atoms with Crippen LogP contribution < -0.4 is 5.32 Å². The number of aryl methyl sites for hydroxylation is 2. The number of nitrogens with one attached hydrogen (secondary N) is 1. The van der Waals surface area contributed by atoms with Crippen LogP contribution in [0.3, 0.4) is 0 Å². The molecule has 2 aromatic heterocycles. The monoisotopic (exact) mass is 276 g/mol. The minimum Gasteiger partial charge on any atom is -0.309 e. The molecule has 0 amide bonds. The summed E-state index contributed by atoms with van der Waals surface area (Å²) in [5.74, 6) is 0.782. The highest BCUT2D eigenvalue weighted by atomic mass is 32.1. The lowest BCUT2D eigenvalue weighted by Crippen LogP contribution is -2.18. The Morgan fingerprint density at radius 1 is 1.32 bits per heavy atom. The zero-order chi connectivity index (χ0) is 13.8. The van der Waals surface area contributed by atoms with Gasteiger partial charge in [-0.2, -0.15) is 0 Å². The quantitative estimate of drug-likeness (QED) is 0.910. The van der Waals surface area contributed by atoms with E-state index in [0.717, 1.165) is 35.2 Å². The van der Waals surface area contributed by atoms with Crippen LogP contribution in [0.2, 0.25) is 0 Å².